The number of nitrogens with zero attached hydrogens (tertiary/aromatic N) is 1. The summed E-state index contributed by atoms with van der Waals surface area (Å²) in [6, 6.07) is 8.13. The molecule has 2 atom stereocenters. The molecule has 100 valence electrons. The number of aldehydes is 1. The summed E-state index contributed by atoms with van der Waals surface area (Å²) in [7, 11) is 0. The quantitative estimate of drug-likeness (QED) is 0.811. The Morgan fingerprint density at radius 1 is 1.58 bits per heavy atom. The highest BCUT2D eigenvalue weighted by Gasteiger charge is 2.23. The van der Waals surface area contributed by atoms with Gasteiger partial charge in [0.1, 0.15) is 12.4 Å². The molecule has 5 heteroatoms. The van der Waals surface area contributed by atoms with Gasteiger partial charge in [-0.05, 0) is 31.0 Å². The Balaban J connectivity index is 1.90. The molecule has 0 radical (unpaired) electrons. The lowest BCUT2D eigenvalue weighted by Crippen LogP contribution is -2.23. The fraction of sp³-hybridized carbons (Fsp3) is 0.429. The van der Waals surface area contributed by atoms with E-state index in [0.29, 0.717) is 29.1 Å². The van der Waals surface area contributed by atoms with Gasteiger partial charge in [0.25, 0.3) is 0 Å². The second kappa shape index (κ2) is 6.55. The van der Waals surface area contributed by atoms with Crippen LogP contribution in [0.4, 0.5) is 5.69 Å². The van der Waals surface area contributed by atoms with Crippen LogP contribution in [0.15, 0.2) is 18.2 Å². The van der Waals surface area contributed by atoms with Crippen LogP contribution in [-0.4, -0.2) is 24.9 Å². The first kappa shape index (κ1) is 13.9. The molecule has 1 aliphatic rings. The van der Waals surface area contributed by atoms with Gasteiger partial charge >= 0.3 is 0 Å². The zero-order valence-corrected chi connectivity index (χ0v) is 11.3. The summed E-state index contributed by atoms with van der Waals surface area (Å²) in [5, 5.41) is 16.1. The SMILES string of the molecule is N#Cc1ccc(N[C@@H]2CNC(CCC=O)C2)cc1Cl. The van der Waals surface area contributed by atoms with Gasteiger partial charge in [-0.25, -0.2) is 0 Å². The van der Waals surface area contributed by atoms with Crippen LogP contribution in [0, 0.1) is 11.3 Å². The van der Waals surface area contributed by atoms with Crippen molar-refractivity contribution in [1.29, 1.82) is 5.26 Å². The van der Waals surface area contributed by atoms with Crippen LogP contribution in [0.1, 0.15) is 24.8 Å². The van der Waals surface area contributed by atoms with Crippen molar-refractivity contribution in [2.45, 2.75) is 31.3 Å². The predicted molar refractivity (Wildman–Crippen MR) is 75.3 cm³/mol. The highest BCUT2D eigenvalue weighted by atomic mass is 35.5. The van der Waals surface area contributed by atoms with Crippen molar-refractivity contribution in [3.05, 3.63) is 28.8 Å². The smallest absolute Gasteiger partial charge is 0.120 e. The number of hydrogen-bond acceptors (Lipinski definition) is 4. The molecular weight excluding hydrogens is 262 g/mol. The average molecular weight is 278 g/mol. The van der Waals surface area contributed by atoms with Gasteiger partial charge in [0.15, 0.2) is 0 Å². The number of carbonyl (C=O) groups is 1. The monoisotopic (exact) mass is 277 g/mol. The molecule has 0 saturated carbocycles. The van der Waals surface area contributed by atoms with Crippen molar-refractivity contribution in [2.75, 3.05) is 11.9 Å². The molecule has 0 aromatic heterocycles. The largest absolute Gasteiger partial charge is 0.381 e. The summed E-state index contributed by atoms with van der Waals surface area (Å²) < 4.78 is 0. The maximum absolute atomic E-state index is 10.3. The van der Waals surface area contributed by atoms with E-state index < -0.39 is 0 Å². The number of carbonyl (C=O) groups excluding carboxylic acids is 1. The van der Waals surface area contributed by atoms with Gasteiger partial charge in [0.2, 0.25) is 0 Å². The van der Waals surface area contributed by atoms with E-state index in [-0.39, 0.29) is 0 Å². The molecule has 1 aliphatic heterocycles. The van der Waals surface area contributed by atoms with E-state index in [2.05, 4.69) is 10.6 Å². The molecule has 2 N–H and O–H groups in total. The van der Waals surface area contributed by atoms with Gasteiger partial charge in [-0.15, -0.1) is 0 Å². The predicted octanol–water partition coefficient (Wildman–Crippen LogP) is 2.33. The maximum atomic E-state index is 10.3. The van der Waals surface area contributed by atoms with Gasteiger partial charge in [0.05, 0.1) is 10.6 Å². The van der Waals surface area contributed by atoms with Gasteiger partial charge in [-0.1, -0.05) is 11.6 Å². The second-order valence-corrected chi connectivity index (χ2v) is 5.14. The van der Waals surface area contributed by atoms with Crippen molar-refractivity contribution in [2.24, 2.45) is 0 Å². The van der Waals surface area contributed by atoms with E-state index in [4.69, 9.17) is 16.9 Å². The van der Waals surface area contributed by atoms with Gasteiger partial charge in [0, 0.05) is 30.7 Å². The summed E-state index contributed by atoms with van der Waals surface area (Å²) in [6.45, 7) is 0.876. The summed E-state index contributed by atoms with van der Waals surface area (Å²) in [5.41, 5.74) is 1.41. The maximum Gasteiger partial charge on any atom is 0.120 e. The Morgan fingerprint density at radius 2 is 2.42 bits per heavy atom. The lowest BCUT2D eigenvalue weighted by atomic mass is 10.1. The highest BCUT2D eigenvalue weighted by Crippen LogP contribution is 2.22. The first-order valence-corrected chi connectivity index (χ1v) is 6.74. The highest BCUT2D eigenvalue weighted by molar-refractivity contribution is 6.32. The minimum Gasteiger partial charge on any atom is -0.381 e. The van der Waals surface area contributed by atoms with E-state index in [9.17, 15) is 4.79 Å². The Kier molecular flexibility index (Phi) is 4.78. The van der Waals surface area contributed by atoms with Gasteiger partial charge < -0.3 is 15.4 Å². The molecule has 2 rings (SSSR count). The number of anilines is 1. The van der Waals surface area contributed by atoms with Crippen molar-refractivity contribution < 1.29 is 4.79 Å². The fourth-order valence-electron chi connectivity index (χ4n) is 2.35. The molecule has 0 aliphatic carbocycles. The number of nitriles is 1. The second-order valence-electron chi connectivity index (χ2n) is 4.73. The summed E-state index contributed by atoms with van der Waals surface area (Å²) in [6.07, 6.45) is 3.44. The minimum absolute atomic E-state index is 0.334. The topological polar surface area (TPSA) is 64.9 Å². The van der Waals surface area contributed by atoms with Crippen LogP contribution >= 0.6 is 11.6 Å². The Bertz CT molecular complexity index is 498. The lowest BCUT2D eigenvalue weighted by Gasteiger charge is -2.14. The molecule has 1 aromatic carbocycles. The average Bonchev–Trinajstić information content (AvgIpc) is 2.84. The van der Waals surface area contributed by atoms with E-state index in [1.807, 2.05) is 12.1 Å². The summed E-state index contributed by atoms with van der Waals surface area (Å²) in [4.78, 5) is 10.3. The summed E-state index contributed by atoms with van der Waals surface area (Å²) >= 11 is 6.00. The number of halogens is 1. The first-order valence-electron chi connectivity index (χ1n) is 6.36. The third-order valence-corrected chi connectivity index (χ3v) is 3.63. The van der Waals surface area contributed by atoms with E-state index in [1.54, 1.807) is 12.1 Å². The number of nitrogens with one attached hydrogen (secondary N) is 2. The van der Waals surface area contributed by atoms with Crippen molar-refractivity contribution >= 4 is 23.6 Å². The van der Waals surface area contributed by atoms with Crippen LogP contribution < -0.4 is 10.6 Å². The molecular formula is C14H16ClN3O. The van der Waals surface area contributed by atoms with Crippen molar-refractivity contribution in [3.8, 4) is 6.07 Å². The molecule has 0 amide bonds. The van der Waals surface area contributed by atoms with E-state index in [0.717, 1.165) is 31.4 Å². The van der Waals surface area contributed by atoms with Crippen LogP contribution in [0.5, 0.6) is 0 Å². The van der Waals surface area contributed by atoms with Gasteiger partial charge in [-0.3, -0.25) is 0 Å². The van der Waals surface area contributed by atoms with Crippen LogP contribution in [-0.2, 0) is 4.79 Å². The molecule has 1 aromatic rings. The third-order valence-electron chi connectivity index (χ3n) is 3.32. The molecule has 1 heterocycles. The fourth-order valence-corrected chi connectivity index (χ4v) is 2.57. The standard InChI is InChI=1S/C14H16ClN3O/c15-14-7-12(4-3-10(14)8-16)18-13-6-11(17-9-13)2-1-5-19/h3-5,7,11,13,17-18H,1-2,6,9H2/t11?,13-/m0/s1. The minimum atomic E-state index is 0.334. The molecule has 1 saturated heterocycles. The van der Waals surface area contributed by atoms with E-state index in [1.165, 1.54) is 0 Å². The van der Waals surface area contributed by atoms with E-state index >= 15 is 0 Å². The lowest BCUT2D eigenvalue weighted by molar-refractivity contribution is -0.108. The zero-order valence-electron chi connectivity index (χ0n) is 10.5. The molecule has 0 spiro atoms. The number of hydrogen-bond donors (Lipinski definition) is 2. The van der Waals surface area contributed by atoms with Crippen LogP contribution in [0.3, 0.4) is 0 Å². The van der Waals surface area contributed by atoms with Crippen LogP contribution in [0.2, 0.25) is 5.02 Å². The summed E-state index contributed by atoms with van der Waals surface area (Å²) in [5.74, 6) is 0. The molecule has 0 bridgehead atoms. The van der Waals surface area contributed by atoms with Crippen molar-refractivity contribution in [1.82, 2.24) is 5.32 Å². The van der Waals surface area contributed by atoms with Gasteiger partial charge in [-0.2, -0.15) is 5.26 Å². The normalized spacial score (nSPS) is 21.9. The molecule has 19 heavy (non-hydrogen) atoms. The number of rotatable bonds is 5. The third kappa shape index (κ3) is 3.69. The molecule has 1 fully saturated rings. The van der Waals surface area contributed by atoms with Crippen LogP contribution in [0.25, 0.3) is 0 Å². The zero-order chi connectivity index (χ0) is 13.7. The number of benzene rings is 1. The Labute approximate surface area is 117 Å². The molecule has 1 unspecified atom stereocenters. The van der Waals surface area contributed by atoms with Crippen molar-refractivity contribution in [3.63, 3.8) is 0 Å². The molecule has 4 nitrogen and oxygen atoms in total. The Morgan fingerprint density at radius 3 is 3.11 bits per heavy atom. The first-order chi connectivity index (χ1) is 9.22. The Hall–Kier alpha value is -1.57.